The molecule has 1 heterocycles. The van der Waals surface area contributed by atoms with Crippen LogP contribution in [0.5, 0.6) is 0 Å². The van der Waals surface area contributed by atoms with Crippen molar-refractivity contribution in [2.75, 3.05) is 7.11 Å². The van der Waals surface area contributed by atoms with E-state index in [4.69, 9.17) is 9.47 Å². The van der Waals surface area contributed by atoms with Crippen LogP contribution in [0.4, 0.5) is 0 Å². The van der Waals surface area contributed by atoms with E-state index < -0.39 is 0 Å². The summed E-state index contributed by atoms with van der Waals surface area (Å²) >= 11 is 0. The number of rotatable bonds is 2. The van der Waals surface area contributed by atoms with Crippen molar-refractivity contribution in [3.05, 3.63) is 0 Å². The van der Waals surface area contributed by atoms with Crippen LogP contribution in [0.2, 0.25) is 0 Å². The Balaban J connectivity index is 1.59. The lowest BCUT2D eigenvalue weighted by Gasteiger charge is -2.43. The third kappa shape index (κ3) is 2.79. The first-order valence-corrected chi connectivity index (χ1v) is 7.76. The summed E-state index contributed by atoms with van der Waals surface area (Å²) in [4.78, 5) is 12.2. The van der Waals surface area contributed by atoms with Crippen LogP contribution in [-0.2, 0) is 14.3 Å². The summed E-state index contributed by atoms with van der Waals surface area (Å²) in [6.45, 7) is 0. The first-order chi connectivity index (χ1) is 9.28. The van der Waals surface area contributed by atoms with E-state index in [-0.39, 0.29) is 24.2 Å². The van der Waals surface area contributed by atoms with Crippen molar-refractivity contribution >= 4 is 5.91 Å². The van der Waals surface area contributed by atoms with Gasteiger partial charge in [0.1, 0.15) is 6.23 Å². The van der Waals surface area contributed by atoms with Gasteiger partial charge in [-0.05, 0) is 38.5 Å². The van der Waals surface area contributed by atoms with Gasteiger partial charge in [0.15, 0.2) is 0 Å². The van der Waals surface area contributed by atoms with Gasteiger partial charge in [-0.15, -0.1) is 0 Å². The summed E-state index contributed by atoms with van der Waals surface area (Å²) in [6, 6.07) is 0. The molecule has 0 aromatic rings. The Morgan fingerprint density at radius 2 is 1.84 bits per heavy atom. The molecular weight excluding hydrogens is 242 g/mol. The SMILES string of the molecule is COC1CCC(C2NC(=O)C3CCCCC3O2)CC1. The van der Waals surface area contributed by atoms with E-state index in [1.807, 2.05) is 0 Å². The minimum Gasteiger partial charge on any atom is -0.381 e. The molecule has 1 amide bonds. The fourth-order valence-electron chi connectivity index (χ4n) is 3.89. The molecule has 3 fully saturated rings. The fraction of sp³-hybridized carbons (Fsp3) is 0.933. The number of carbonyl (C=O) groups is 1. The quantitative estimate of drug-likeness (QED) is 0.834. The Bertz CT molecular complexity index is 325. The monoisotopic (exact) mass is 267 g/mol. The third-order valence-corrected chi connectivity index (χ3v) is 5.13. The van der Waals surface area contributed by atoms with Gasteiger partial charge in [-0.2, -0.15) is 0 Å². The molecule has 3 unspecified atom stereocenters. The first-order valence-electron chi connectivity index (χ1n) is 7.76. The number of amides is 1. The lowest BCUT2D eigenvalue weighted by molar-refractivity contribution is -0.168. The van der Waals surface area contributed by atoms with Crippen LogP contribution in [0.3, 0.4) is 0 Å². The van der Waals surface area contributed by atoms with Crippen LogP contribution >= 0.6 is 0 Å². The van der Waals surface area contributed by atoms with Gasteiger partial charge in [0.2, 0.25) is 5.91 Å². The molecule has 2 aliphatic carbocycles. The molecule has 3 rings (SSSR count). The Morgan fingerprint density at radius 3 is 2.58 bits per heavy atom. The first kappa shape index (κ1) is 13.4. The molecule has 3 atom stereocenters. The Kier molecular flexibility index (Phi) is 4.08. The topological polar surface area (TPSA) is 47.6 Å². The van der Waals surface area contributed by atoms with Crippen molar-refractivity contribution in [3.63, 3.8) is 0 Å². The zero-order chi connectivity index (χ0) is 13.2. The van der Waals surface area contributed by atoms with Crippen molar-refractivity contribution in [2.45, 2.75) is 69.8 Å². The average Bonchev–Trinajstić information content (AvgIpc) is 2.47. The Hall–Kier alpha value is -0.610. The number of carbonyl (C=O) groups excluding carboxylic acids is 1. The molecule has 0 spiro atoms. The number of ether oxygens (including phenoxy) is 2. The van der Waals surface area contributed by atoms with Gasteiger partial charge in [0.05, 0.1) is 18.1 Å². The predicted octanol–water partition coefficient (Wildman–Crippen LogP) is 2.22. The second-order valence-corrected chi connectivity index (χ2v) is 6.27. The van der Waals surface area contributed by atoms with Crippen molar-refractivity contribution < 1.29 is 14.3 Å². The molecule has 0 radical (unpaired) electrons. The molecule has 4 heteroatoms. The van der Waals surface area contributed by atoms with Crippen molar-refractivity contribution in [1.29, 1.82) is 0 Å². The summed E-state index contributed by atoms with van der Waals surface area (Å²) in [5.41, 5.74) is 0. The maximum Gasteiger partial charge on any atom is 0.227 e. The van der Waals surface area contributed by atoms with E-state index in [0.717, 1.165) is 38.5 Å². The summed E-state index contributed by atoms with van der Waals surface area (Å²) in [5.74, 6) is 0.813. The maximum absolute atomic E-state index is 12.2. The van der Waals surface area contributed by atoms with Crippen LogP contribution in [0.25, 0.3) is 0 Å². The molecule has 1 N–H and O–H groups in total. The van der Waals surface area contributed by atoms with Gasteiger partial charge >= 0.3 is 0 Å². The highest BCUT2D eigenvalue weighted by molar-refractivity contribution is 5.80. The van der Waals surface area contributed by atoms with Crippen LogP contribution in [0, 0.1) is 11.8 Å². The number of fused-ring (bicyclic) bond motifs is 1. The van der Waals surface area contributed by atoms with E-state index >= 15 is 0 Å². The second kappa shape index (κ2) is 5.80. The zero-order valence-corrected chi connectivity index (χ0v) is 11.8. The molecule has 2 saturated carbocycles. The summed E-state index contributed by atoms with van der Waals surface area (Å²) in [5, 5.41) is 3.12. The highest BCUT2D eigenvalue weighted by atomic mass is 16.5. The summed E-state index contributed by atoms with van der Waals surface area (Å²) in [7, 11) is 1.79. The third-order valence-electron chi connectivity index (χ3n) is 5.13. The van der Waals surface area contributed by atoms with E-state index in [1.165, 1.54) is 12.8 Å². The Morgan fingerprint density at radius 1 is 1.11 bits per heavy atom. The van der Waals surface area contributed by atoms with Gasteiger partial charge in [-0.3, -0.25) is 4.79 Å². The highest BCUT2D eigenvalue weighted by Gasteiger charge is 2.41. The van der Waals surface area contributed by atoms with Gasteiger partial charge < -0.3 is 14.8 Å². The lowest BCUT2D eigenvalue weighted by Crippen LogP contribution is -2.56. The summed E-state index contributed by atoms with van der Waals surface area (Å²) < 4.78 is 11.6. The number of hydrogen-bond donors (Lipinski definition) is 1. The average molecular weight is 267 g/mol. The highest BCUT2D eigenvalue weighted by Crippen LogP contribution is 2.35. The number of nitrogens with one attached hydrogen (secondary N) is 1. The molecule has 0 bridgehead atoms. The van der Waals surface area contributed by atoms with E-state index in [2.05, 4.69) is 5.32 Å². The van der Waals surface area contributed by atoms with Crippen molar-refractivity contribution in [1.82, 2.24) is 5.32 Å². The van der Waals surface area contributed by atoms with Gasteiger partial charge in [0, 0.05) is 13.0 Å². The smallest absolute Gasteiger partial charge is 0.227 e. The van der Waals surface area contributed by atoms with Crippen molar-refractivity contribution in [2.24, 2.45) is 11.8 Å². The largest absolute Gasteiger partial charge is 0.381 e. The molecule has 4 nitrogen and oxygen atoms in total. The molecule has 19 heavy (non-hydrogen) atoms. The van der Waals surface area contributed by atoms with Crippen LogP contribution in [0.15, 0.2) is 0 Å². The zero-order valence-electron chi connectivity index (χ0n) is 11.8. The van der Waals surface area contributed by atoms with Gasteiger partial charge in [-0.25, -0.2) is 0 Å². The standard InChI is InChI=1S/C15H25NO3/c1-18-11-8-6-10(7-9-11)15-16-14(17)12-4-2-3-5-13(12)19-15/h10-13,15H,2-9H2,1H3,(H,16,17). The molecule has 1 aliphatic heterocycles. The molecule has 0 aromatic carbocycles. The minimum absolute atomic E-state index is 0.0512. The number of methoxy groups -OCH3 is 1. The predicted molar refractivity (Wildman–Crippen MR) is 71.5 cm³/mol. The minimum atomic E-state index is -0.0512. The molecule has 0 aromatic heterocycles. The van der Waals surface area contributed by atoms with Crippen LogP contribution < -0.4 is 5.32 Å². The Labute approximate surface area is 115 Å². The van der Waals surface area contributed by atoms with Gasteiger partial charge in [0.25, 0.3) is 0 Å². The normalized spacial score (nSPS) is 43.4. The van der Waals surface area contributed by atoms with E-state index in [1.54, 1.807) is 7.11 Å². The lowest BCUT2D eigenvalue weighted by atomic mass is 9.82. The van der Waals surface area contributed by atoms with Gasteiger partial charge in [-0.1, -0.05) is 12.8 Å². The maximum atomic E-state index is 12.2. The fourth-order valence-corrected chi connectivity index (χ4v) is 3.89. The van der Waals surface area contributed by atoms with Crippen LogP contribution in [0.1, 0.15) is 51.4 Å². The molecule has 3 aliphatic rings. The number of hydrogen-bond acceptors (Lipinski definition) is 3. The van der Waals surface area contributed by atoms with E-state index in [0.29, 0.717) is 12.0 Å². The summed E-state index contributed by atoms with van der Waals surface area (Å²) in [6.07, 6.45) is 9.33. The molecule has 1 saturated heterocycles. The van der Waals surface area contributed by atoms with Crippen molar-refractivity contribution in [3.8, 4) is 0 Å². The molecule has 108 valence electrons. The molecular formula is C15H25NO3. The van der Waals surface area contributed by atoms with Crippen LogP contribution in [-0.4, -0.2) is 31.5 Å². The second-order valence-electron chi connectivity index (χ2n) is 6.27. The van der Waals surface area contributed by atoms with E-state index in [9.17, 15) is 4.79 Å².